The lowest BCUT2D eigenvalue weighted by molar-refractivity contribution is -0.736. The summed E-state index contributed by atoms with van der Waals surface area (Å²) in [4.78, 5) is 44.8. The Kier molecular flexibility index (Phi) is 5.51. The lowest BCUT2D eigenvalue weighted by atomic mass is 10.0. The van der Waals surface area contributed by atoms with Crippen LogP contribution in [0.25, 0.3) is 27.7 Å². The predicted molar refractivity (Wildman–Crippen MR) is 121 cm³/mol. The highest BCUT2D eigenvalue weighted by atomic mass is 16.8. The van der Waals surface area contributed by atoms with Crippen LogP contribution < -0.4 is 5.56 Å². The molecule has 0 aliphatic rings. The third kappa shape index (κ3) is 3.62. The number of rotatable bonds is 5. The summed E-state index contributed by atoms with van der Waals surface area (Å²) in [5.74, 6) is -0.286. The molecule has 0 unspecified atom stereocenters. The van der Waals surface area contributed by atoms with Crippen LogP contribution >= 0.6 is 0 Å². The Morgan fingerprint density at radius 1 is 0.969 bits per heavy atom. The average molecular weight is 429 g/mol. The van der Waals surface area contributed by atoms with E-state index >= 15 is 0 Å². The van der Waals surface area contributed by atoms with E-state index in [1.165, 1.54) is 28.8 Å². The van der Waals surface area contributed by atoms with Gasteiger partial charge in [0.05, 0.1) is 16.0 Å². The molecule has 0 radical (unpaired) electrons. The van der Waals surface area contributed by atoms with Gasteiger partial charge in [-0.1, -0.05) is 48.5 Å². The van der Waals surface area contributed by atoms with E-state index in [0.717, 1.165) is 5.56 Å². The van der Waals surface area contributed by atoms with Crippen LogP contribution in [0.3, 0.4) is 0 Å². The first-order valence-electron chi connectivity index (χ1n) is 9.87. The minimum atomic E-state index is -0.391. The van der Waals surface area contributed by atoms with Gasteiger partial charge < -0.3 is 4.90 Å². The van der Waals surface area contributed by atoms with Gasteiger partial charge >= 0.3 is 5.69 Å². The standard InChI is InChI=1S/C24H21N4O4/c1-26(2)23(29)17-13-14-20(21(15-17)28(31)32-3)27-24(30)19-12-8-7-11-18(19)22(25-27)16-9-5-4-6-10-16/h4-15H,1-3H3/q+1. The van der Waals surface area contributed by atoms with Gasteiger partial charge in [0, 0.05) is 36.7 Å². The first-order chi connectivity index (χ1) is 15.4. The molecule has 32 heavy (non-hydrogen) atoms. The molecule has 0 aliphatic carbocycles. The van der Waals surface area contributed by atoms with E-state index in [1.54, 1.807) is 32.3 Å². The van der Waals surface area contributed by atoms with Crippen molar-refractivity contribution in [2.24, 2.45) is 0 Å². The minimum Gasteiger partial charge on any atom is -0.345 e. The van der Waals surface area contributed by atoms with Crippen LogP contribution in [-0.4, -0.2) is 46.7 Å². The van der Waals surface area contributed by atoms with Gasteiger partial charge in [-0.05, 0) is 18.2 Å². The normalized spacial score (nSPS) is 10.7. The number of benzene rings is 3. The molecule has 0 bridgehead atoms. The van der Waals surface area contributed by atoms with Crippen LogP contribution in [0.5, 0.6) is 0 Å². The van der Waals surface area contributed by atoms with Crippen LogP contribution in [0.1, 0.15) is 10.4 Å². The van der Waals surface area contributed by atoms with E-state index in [9.17, 15) is 14.5 Å². The summed E-state index contributed by atoms with van der Waals surface area (Å²) in [5.41, 5.74) is 1.50. The van der Waals surface area contributed by atoms with Crippen molar-refractivity contribution < 1.29 is 14.6 Å². The molecule has 0 aliphatic heterocycles. The largest absolute Gasteiger partial charge is 0.345 e. The third-order valence-electron chi connectivity index (χ3n) is 5.07. The number of nitrogens with zero attached hydrogens (tertiary/aromatic N) is 4. The SMILES string of the molecule is CO[N+](=O)c1cc(C(=O)N(C)C)ccc1-n1nc(-c2ccccc2)c2ccccc2c1=O. The average Bonchev–Trinajstić information content (AvgIpc) is 2.83. The molecular formula is C24H21N4O4+. The van der Waals surface area contributed by atoms with Gasteiger partial charge in [-0.25, -0.2) is 4.84 Å². The van der Waals surface area contributed by atoms with E-state index in [1.807, 2.05) is 42.5 Å². The highest BCUT2D eigenvalue weighted by Gasteiger charge is 2.27. The lowest BCUT2D eigenvalue weighted by Gasteiger charge is -2.13. The molecular weight excluding hydrogens is 408 g/mol. The van der Waals surface area contributed by atoms with E-state index in [0.29, 0.717) is 16.5 Å². The maximum absolute atomic E-state index is 13.4. The van der Waals surface area contributed by atoms with Gasteiger partial charge in [0.25, 0.3) is 16.4 Å². The molecule has 0 fully saturated rings. The summed E-state index contributed by atoms with van der Waals surface area (Å²) in [6.07, 6.45) is 0. The second-order valence-corrected chi connectivity index (χ2v) is 7.32. The Morgan fingerprint density at radius 3 is 2.28 bits per heavy atom. The van der Waals surface area contributed by atoms with Crippen molar-refractivity contribution in [1.29, 1.82) is 0 Å². The van der Waals surface area contributed by atoms with Gasteiger partial charge in [0.2, 0.25) is 0 Å². The maximum Gasteiger partial charge on any atom is 0.343 e. The fourth-order valence-corrected chi connectivity index (χ4v) is 3.50. The molecule has 0 spiro atoms. The second-order valence-electron chi connectivity index (χ2n) is 7.32. The Bertz CT molecular complexity index is 1390. The van der Waals surface area contributed by atoms with Crippen LogP contribution in [-0.2, 0) is 4.84 Å². The fraction of sp³-hybridized carbons (Fsp3) is 0.125. The van der Waals surface area contributed by atoms with Crippen LogP contribution in [0.15, 0.2) is 77.6 Å². The number of fused-ring (bicyclic) bond motifs is 1. The quantitative estimate of drug-likeness (QED) is 0.452. The number of hydrogen-bond donors (Lipinski definition) is 0. The molecule has 8 nitrogen and oxygen atoms in total. The number of amides is 1. The summed E-state index contributed by atoms with van der Waals surface area (Å²) in [6, 6.07) is 21.1. The van der Waals surface area contributed by atoms with E-state index in [2.05, 4.69) is 5.10 Å². The Labute approximate surface area is 183 Å². The second kappa shape index (κ2) is 8.43. The summed E-state index contributed by atoms with van der Waals surface area (Å²) in [5, 5.41) is 5.77. The van der Waals surface area contributed by atoms with Gasteiger partial charge in [-0.2, -0.15) is 9.78 Å². The number of carbonyl (C=O) groups is 1. The summed E-state index contributed by atoms with van der Waals surface area (Å²) in [6.45, 7) is 0. The first kappa shape index (κ1) is 20.9. The summed E-state index contributed by atoms with van der Waals surface area (Å²) >= 11 is 0. The van der Waals surface area contributed by atoms with Crippen LogP contribution in [0.2, 0.25) is 0 Å². The lowest BCUT2D eigenvalue weighted by Crippen LogP contribution is -2.25. The molecule has 0 saturated carbocycles. The van der Waals surface area contributed by atoms with Crippen molar-refractivity contribution in [3.63, 3.8) is 0 Å². The third-order valence-corrected chi connectivity index (χ3v) is 5.07. The summed E-state index contributed by atoms with van der Waals surface area (Å²) < 4.78 is 1.17. The number of aromatic nitrogens is 2. The van der Waals surface area contributed by atoms with Crippen molar-refractivity contribution >= 4 is 22.4 Å². The van der Waals surface area contributed by atoms with Crippen molar-refractivity contribution in [3.05, 3.63) is 93.6 Å². The monoisotopic (exact) mass is 429 g/mol. The highest BCUT2D eigenvalue weighted by molar-refractivity contribution is 5.96. The molecule has 1 heterocycles. The Morgan fingerprint density at radius 2 is 1.62 bits per heavy atom. The molecule has 0 atom stereocenters. The zero-order valence-corrected chi connectivity index (χ0v) is 17.9. The fourth-order valence-electron chi connectivity index (χ4n) is 3.50. The first-order valence-corrected chi connectivity index (χ1v) is 9.87. The van der Waals surface area contributed by atoms with Crippen molar-refractivity contribution in [2.75, 3.05) is 21.2 Å². The van der Waals surface area contributed by atoms with Crippen LogP contribution in [0.4, 0.5) is 5.69 Å². The van der Waals surface area contributed by atoms with Crippen LogP contribution in [0, 0.1) is 4.91 Å². The number of carbonyl (C=O) groups excluding carboxylic acids is 1. The van der Waals surface area contributed by atoms with E-state index in [4.69, 9.17) is 4.84 Å². The van der Waals surface area contributed by atoms with E-state index < -0.39 is 5.56 Å². The highest BCUT2D eigenvalue weighted by Crippen LogP contribution is 2.28. The molecule has 0 saturated heterocycles. The molecule has 160 valence electrons. The maximum atomic E-state index is 13.4. The van der Waals surface area contributed by atoms with Gasteiger partial charge in [-0.15, -0.1) is 0 Å². The molecule has 4 rings (SSSR count). The number of hydrogen-bond acceptors (Lipinski definition) is 5. The topological polar surface area (TPSA) is 84.5 Å². The summed E-state index contributed by atoms with van der Waals surface area (Å²) in [7, 11) is 4.44. The molecule has 3 aromatic carbocycles. The van der Waals surface area contributed by atoms with Gasteiger partial charge in [-0.3, -0.25) is 9.59 Å². The van der Waals surface area contributed by atoms with Crippen molar-refractivity contribution in [2.45, 2.75) is 0 Å². The molecule has 4 aromatic rings. The van der Waals surface area contributed by atoms with Crippen molar-refractivity contribution in [1.82, 2.24) is 14.7 Å². The zero-order chi connectivity index (χ0) is 22.8. The molecule has 0 N–H and O–H groups in total. The molecule has 8 heteroatoms. The zero-order valence-electron chi connectivity index (χ0n) is 17.9. The molecule has 1 amide bonds. The smallest absolute Gasteiger partial charge is 0.343 e. The molecule has 1 aromatic heterocycles. The van der Waals surface area contributed by atoms with Crippen molar-refractivity contribution in [3.8, 4) is 16.9 Å². The minimum absolute atomic E-state index is 0.0101. The predicted octanol–water partition coefficient (Wildman–Crippen LogP) is 3.73. The van der Waals surface area contributed by atoms with E-state index in [-0.39, 0.29) is 27.8 Å². The van der Waals surface area contributed by atoms with Gasteiger partial charge in [0.1, 0.15) is 0 Å². The Hall–Kier alpha value is -4.33. The Balaban J connectivity index is 2.04. The van der Waals surface area contributed by atoms with Gasteiger partial charge in [0.15, 0.2) is 12.8 Å².